The Morgan fingerprint density at radius 2 is 2.20 bits per heavy atom. The summed E-state index contributed by atoms with van der Waals surface area (Å²) in [7, 11) is 0. The number of thiophene rings is 1. The lowest BCUT2D eigenvalue weighted by Gasteiger charge is -2.00. The Balaban J connectivity index is 2.15. The van der Waals surface area contributed by atoms with Gasteiger partial charge in [-0.05, 0) is 24.6 Å². The summed E-state index contributed by atoms with van der Waals surface area (Å²) in [5, 5.41) is 11.2. The Morgan fingerprint density at radius 3 is 2.85 bits per heavy atom. The molecule has 0 aliphatic carbocycles. The maximum absolute atomic E-state index is 12.0. The molecule has 0 fully saturated rings. The van der Waals surface area contributed by atoms with Gasteiger partial charge in [-0.15, -0.1) is 11.3 Å². The van der Waals surface area contributed by atoms with Crippen molar-refractivity contribution in [2.45, 2.75) is 6.92 Å². The number of hydrogen-bond donors (Lipinski definition) is 2. The van der Waals surface area contributed by atoms with Gasteiger partial charge in [0.2, 0.25) is 0 Å². The highest BCUT2D eigenvalue weighted by Gasteiger charge is 2.12. The summed E-state index contributed by atoms with van der Waals surface area (Å²) in [5.74, 6) is -0.955. The van der Waals surface area contributed by atoms with Crippen LogP contribution in [0.2, 0.25) is 0 Å². The van der Waals surface area contributed by atoms with Crippen molar-refractivity contribution >= 4 is 35.1 Å². The monoisotopic (exact) mass is 289 g/mol. The fourth-order valence-corrected chi connectivity index (χ4v) is 2.43. The summed E-state index contributed by atoms with van der Waals surface area (Å²) >= 11 is 1.22. The SMILES string of the molecule is Cc1cc(C(=O)Nc2cnccn2)sc1/C=C/C(=O)O. The van der Waals surface area contributed by atoms with Crippen LogP contribution in [0.3, 0.4) is 0 Å². The molecule has 0 aliphatic heterocycles. The van der Waals surface area contributed by atoms with Gasteiger partial charge < -0.3 is 10.4 Å². The molecule has 20 heavy (non-hydrogen) atoms. The number of aliphatic carboxylic acids is 1. The van der Waals surface area contributed by atoms with E-state index in [1.165, 1.54) is 36.0 Å². The zero-order chi connectivity index (χ0) is 14.5. The number of aromatic nitrogens is 2. The zero-order valence-electron chi connectivity index (χ0n) is 10.5. The van der Waals surface area contributed by atoms with E-state index >= 15 is 0 Å². The third-order valence-electron chi connectivity index (χ3n) is 2.36. The predicted molar refractivity (Wildman–Crippen MR) is 75.7 cm³/mol. The Morgan fingerprint density at radius 1 is 1.40 bits per heavy atom. The highest BCUT2D eigenvalue weighted by Crippen LogP contribution is 2.24. The Labute approximate surface area is 118 Å². The minimum Gasteiger partial charge on any atom is -0.478 e. The van der Waals surface area contributed by atoms with Crippen LogP contribution < -0.4 is 5.32 Å². The van der Waals surface area contributed by atoms with Crippen LogP contribution in [0, 0.1) is 6.92 Å². The minimum atomic E-state index is -1.02. The number of carbonyl (C=O) groups is 2. The van der Waals surface area contributed by atoms with Crippen LogP contribution in [0.15, 0.2) is 30.7 Å². The highest BCUT2D eigenvalue weighted by molar-refractivity contribution is 7.15. The highest BCUT2D eigenvalue weighted by atomic mass is 32.1. The van der Waals surface area contributed by atoms with Crippen LogP contribution in [-0.2, 0) is 4.79 Å². The molecule has 0 bridgehead atoms. The second-order valence-electron chi connectivity index (χ2n) is 3.87. The lowest BCUT2D eigenvalue weighted by Crippen LogP contribution is -2.11. The fourth-order valence-electron chi connectivity index (χ4n) is 1.46. The fraction of sp³-hybridized carbons (Fsp3) is 0.0769. The van der Waals surface area contributed by atoms with Crippen LogP contribution in [0.1, 0.15) is 20.1 Å². The molecule has 6 nitrogen and oxygen atoms in total. The first-order chi connectivity index (χ1) is 9.56. The van der Waals surface area contributed by atoms with Gasteiger partial charge >= 0.3 is 5.97 Å². The molecule has 2 heterocycles. The second-order valence-corrected chi connectivity index (χ2v) is 4.96. The first-order valence-electron chi connectivity index (χ1n) is 5.65. The number of nitrogens with zero attached hydrogens (tertiary/aromatic N) is 2. The number of nitrogens with one attached hydrogen (secondary N) is 1. The van der Waals surface area contributed by atoms with Gasteiger partial charge in [0, 0.05) is 23.3 Å². The van der Waals surface area contributed by atoms with E-state index in [0.29, 0.717) is 10.7 Å². The van der Waals surface area contributed by atoms with Crippen molar-refractivity contribution in [1.29, 1.82) is 0 Å². The van der Waals surface area contributed by atoms with Crippen molar-refractivity contribution < 1.29 is 14.7 Å². The van der Waals surface area contributed by atoms with Gasteiger partial charge in [-0.1, -0.05) is 0 Å². The molecule has 0 atom stereocenters. The molecular formula is C13H11N3O3S. The quantitative estimate of drug-likeness (QED) is 0.842. The number of carboxylic acids is 1. The molecule has 2 N–H and O–H groups in total. The topological polar surface area (TPSA) is 92.2 Å². The number of amides is 1. The van der Waals surface area contributed by atoms with E-state index in [-0.39, 0.29) is 5.91 Å². The molecule has 0 aromatic carbocycles. The van der Waals surface area contributed by atoms with Gasteiger partial charge in [-0.2, -0.15) is 0 Å². The maximum Gasteiger partial charge on any atom is 0.328 e. The molecule has 0 spiro atoms. The van der Waals surface area contributed by atoms with E-state index < -0.39 is 5.97 Å². The summed E-state index contributed by atoms with van der Waals surface area (Å²) in [6.07, 6.45) is 6.96. The summed E-state index contributed by atoms with van der Waals surface area (Å²) in [5.41, 5.74) is 0.844. The average Bonchev–Trinajstić information content (AvgIpc) is 2.79. The van der Waals surface area contributed by atoms with Gasteiger partial charge in [0.1, 0.15) is 0 Å². The van der Waals surface area contributed by atoms with Crippen LogP contribution in [0.5, 0.6) is 0 Å². The van der Waals surface area contributed by atoms with Gasteiger partial charge in [0.25, 0.3) is 5.91 Å². The van der Waals surface area contributed by atoms with Crippen LogP contribution in [0.4, 0.5) is 5.82 Å². The third kappa shape index (κ3) is 3.48. The Bertz CT molecular complexity index is 665. The number of hydrogen-bond acceptors (Lipinski definition) is 5. The first kappa shape index (κ1) is 13.9. The average molecular weight is 289 g/mol. The lowest BCUT2D eigenvalue weighted by atomic mass is 10.2. The normalized spacial score (nSPS) is 10.7. The summed E-state index contributed by atoms with van der Waals surface area (Å²) in [6.45, 7) is 1.82. The molecule has 102 valence electrons. The van der Waals surface area contributed by atoms with Crippen molar-refractivity contribution in [3.63, 3.8) is 0 Å². The van der Waals surface area contributed by atoms with Crippen LogP contribution in [0.25, 0.3) is 6.08 Å². The Hall–Kier alpha value is -2.54. The van der Waals surface area contributed by atoms with Crippen molar-refractivity contribution in [2.75, 3.05) is 5.32 Å². The molecule has 0 aliphatic rings. The third-order valence-corrected chi connectivity index (χ3v) is 3.56. The molecule has 2 aromatic rings. The Kier molecular flexibility index (Phi) is 4.21. The smallest absolute Gasteiger partial charge is 0.328 e. The van der Waals surface area contributed by atoms with Crippen LogP contribution >= 0.6 is 11.3 Å². The first-order valence-corrected chi connectivity index (χ1v) is 6.46. The van der Waals surface area contributed by atoms with Gasteiger partial charge in [0.15, 0.2) is 5.82 Å². The molecule has 2 rings (SSSR count). The van der Waals surface area contributed by atoms with E-state index in [4.69, 9.17) is 5.11 Å². The number of carbonyl (C=O) groups excluding carboxylic acids is 1. The lowest BCUT2D eigenvalue weighted by molar-refractivity contribution is -0.131. The minimum absolute atomic E-state index is 0.298. The number of anilines is 1. The van der Waals surface area contributed by atoms with E-state index in [9.17, 15) is 9.59 Å². The summed E-state index contributed by atoms with van der Waals surface area (Å²) in [4.78, 5) is 31.5. The maximum atomic E-state index is 12.0. The van der Waals surface area contributed by atoms with E-state index in [2.05, 4.69) is 15.3 Å². The van der Waals surface area contributed by atoms with E-state index in [1.807, 2.05) is 6.92 Å². The predicted octanol–water partition coefficient (Wildman–Crippen LogP) is 2.20. The van der Waals surface area contributed by atoms with Gasteiger partial charge in [-0.25, -0.2) is 9.78 Å². The van der Waals surface area contributed by atoms with Gasteiger partial charge in [-0.3, -0.25) is 9.78 Å². The standard InChI is InChI=1S/C13H11N3O3S/c1-8-6-10(20-9(8)2-3-12(17)18)13(19)16-11-7-14-4-5-15-11/h2-7H,1H3,(H,17,18)(H,15,16,19)/b3-2+. The summed E-state index contributed by atoms with van der Waals surface area (Å²) < 4.78 is 0. The number of aryl methyl sites for hydroxylation is 1. The van der Waals surface area contributed by atoms with Crippen molar-refractivity contribution in [2.24, 2.45) is 0 Å². The second kappa shape index (κ2) is 6.07. The van der Waals surface area contributed by atoms with E-state index in [1.54, 1.807) is 6.07 Å². The van der Waals surface area contributed by atoms with Crippen molar-refractivity contribution in [3.8, 4) is 0 Å². The molecule has 0 saturated carbocycles. The molecule has 7 heteroatoms. The number of carboxylic acid groups (broad SMARTS) is 1. The van der Waals surface area contributed by atoms with Crippen molar-refractivity contribution in [3.05, 3.63) is 46.1 Å². The molecule has 0 saturated heterocycles. The molecule has 0 unspecified atom stereocenters. The molecular weight excluding hydrogens is 278 g/mol. The zero-order valence-corrected chi connectivity index (χ0v) is 11.3. The van der Waals surface area contributed by atoms with Crippen LogP contribution in [-0.4, -0.2) is 27.0 Å². The molecule has 2 aromatic heterocycles. The van der Waals surface area contributed by atoms with E-state index in [0.717, 1.165) is 16.5 Å². The summed E-state index contributed by atoms with van der Waals surface area (Å²) in [6, 6.07) is 1.71. The van der Waals surface area contributed by atoms with Gasteiger partial charge in [0.05, 0.1) is 11.1 Å². The molecule has 1 amide bonds. The largest absolute Gasteiger partial charge is 0.478 e. The van der Waals surface area contributed by atoms with Crippen molar-refractivity contribution in [1.82, 2.24) is 9.97 Å². The number of rotatable bonds is 4. The molecule has 0 radical (unpaired) electrons.